The van der Waals surface area contributed by atoms with Gasteiger partial charge in [0.15, 0.2) is 0 Å². The third-order valence-electron chi connectivity index (χ3n) is 4.58. The second-order valence-electron chi connectivity index (χ2n) is 6.37. The number of sulfonamides is 2. The number of hydrogen-bond donors (Lipinski definition) is 0. The molecule has 0 spiro atoms. The molecule has 10 heteroatoms. The van der Waals surface area contributed by atoms with Gasteiger partial charge in [0.05, 0.1) is 16.4 Å². The second-order valence-corrected chi connectivity index (χ2v) is 10.2. The molecule has 0 bridgehead atoms. The first-order chi connectivity index (χ1) is 13.8. The van der Waals surface area contributed by atoms with Gasteiger partial charge in [-0.25, -0.2) is 16.8 Å². The molecule has 1 aliphatic heterocycles. The van der Waals surface area contributed by atoms with Gasteiger partial charge in [0.25, 0.3) is 0 Å². The predicted octanol–water partition coefficient (Wildman–Crippen LogP) is 1.31. The van der Waals surface area contributed by atoms with Gasteiger partial charge < -0.3 is 4.74 Å². The number of rotatable bonds is 6. The fourth-order valence-corrected chi connectivity index (χ4v) is 6.19. The van der Waals surface area contributed by atoms with E-state index in [0.29, 0.717) is 0 Å². The number of carbonyl (C=O) groups is 1. The fraction of sp³-hybridized carbons (Fsp3) is 0.316. The lowest BCUT2D eigenvalue weighted by Gasteiger charge is -2.38. The zero-order valence-corrected chi connectivity index (χ0v) is 17.5. The number of piperazine rings is 1. The molecule has 0 saturated carbocycles. The average molecular weight is 439 g/mol. The molecular formula is C19H22N2O6S2. The Bertz CT molecular complexity index is 1060. The molecule has 0 radical (unpaired) electrons. The number of carbonyl (C=O) groups excluding carboxylic acids is 1. The molecule has 1 fully saturated rings. The van der Waals surface area contributed by atoms with Crippen LogP contribution in [0.3, 0.4) is 0 Å². The molecule has 0 unspecified atom stereocenters. The quantitative estimate of drug-likeness (QED) is 0.631. The molecule has 0 aromatic heterocycles. The van der Waals surface area contributed by atoms with Crippen LogP contribution < -0.4 is 0 Å². The predicted molar refractivity (Wildman–Crippen MR) is 106 cm³/mol. The zero-order valence-electron chi connectivity index (χ0n) is 15.8. The molecule has 3 rings (SSSR count). The Kier molecular flexibility index (Phi) is 6.37. The van der Waals surface area contributed by atoms with Crippen molar-refractivity contribution in [2.75, 3.05) is 26.2 Å². The van der Waals surface area contributed by atoms with Crippen molar-refractivity contribution in [3.05, 3.63) is 60.7 Å². The summed E-state index contributed by atoms with van der Waals surface area (Å²) in [5.74, 6) is -0.778. The topological polar surface area (TPSA) is 101 Å². The number of ether oxygens (including phenoxy) is 1. The van der Waals surface area contributed by atoms with E-state index >= 15 is 0 Å². The first-order valence-electron chi connectivity index (χ1n) is 9.07. The Labute approximate surface area is 170 Å². The summed E-state index contributed by atoms with van der Waals surface area (Å²) in [6, 6.07) is 14.3. The summed E-state index contributed by atoms with van der Waals surface area (Å²) in [5, 5.41) is 0. The molecule has 0 N–H and O–H groups in total. The lowest BCUT2D eigenvalue weighted by atomic mass is 10.2. The standard InChI is InChI=1S/C19H22N2O6S2/c1-2-27-19(22)18-15-20(28(23,24)16-9-5-3-6-10-16)13-14-21(18)29(25,26)17-11-7-4-8-12-17/h3-12,18H,2,13-15H2,1H3/t18-/m1/s1. The Morgan fingerprint density at radius 2 is 1.41 bits per heavy atom. The van der Waals surface area contributed by atoms with Crippen LogP contribution in [0, 0.1) is 0 Å². The van der Waals surface area contributed by atoms with Crippen LogP contribution in [-0.2, 0) is 29.6 Å². The Morgan fingerprint density at radius 1 is 0.897 bits per heavy atom. The fourth-order valence-electron chi connectivity index (χ4n) is 3.15. The first kappa shape index (κ1) is 21.4. The van der Waals surface area contributed by atoms with Crippen molar-refractivity contribution in [2.45, 2.75) is 22.8 Å². The summed E-state index contributed by atoms with van der Waals surface area (Å²) in [4.78, 5) is 12.7. The van der Waals surface area contributed by atoms with Gasteiger partial charge in [-0.3, -0.25) is 4.79 Å². The maximum Gasteiger partial charge on any atom is 0.325 e. The van der Waals surface area contributed by atoms with Crippen LogP contribution in [0.15, 0.2) is 70.5 Å². The Morgan fingerprint density at radius 3 is 1.93 bits per heavy atom. The van der Waals surface area contributed by atoms with E-state index in [1.807, 2.05) is 0 Å². The highest BCUT2D eigenvalue weighted by Gasteiger charge is 2.44. The minimum atomic E-state index is -4.00. The normalized spacial score (nSPS) is 19.0. The summed E-state index contributed by atoms with van der Waals surface area (Å²) in [6.45, 7) is 1.11. The van der Waals surface area contributed by atoms with Crippen LogP contribution in [-0.4, -0.2) is 63.7 Å². The minimum Gasteiger partial charge on any atom is -0.465 e. The number of esters is 1. The lowest BCUT2D eigenvalue weighted by Crippen LogP contribution is -2.59. The van der Waals surface area contributed by atoms with Crippen molar-refractivity contribution in [1.82, 2.24) is 8.61 Å². The minimum absolute atomic E-state index is 0.0358. The summed E-state index contributed by atoms with van der Waals surface area (Å²) in [7, 11) is -7.87. The Balaban J connectivity index is 1.95. The van der Waals surface area contributed by atoms with Crippen LogP contribution in [0.2, 0.25) is 0 Å². The van der Waals surface area contributed by atoms with Crippen molar-refractivity contribution in [2.24, 2.45) is 0 Å². The molecule has 156 valence electrons. The van der Waals surface area contributed by atoms with Gasteiger partial charge in [0.2, 0.25) is 20.0 Å². The van der Waals surface area contributed by atoms with Gasteiger partial charge >= 0.3 is 5.97 Å². The summed E-state index contributed by atoms with van der Waals surface area (Å²) >= 11 is 0. The number of nitrogens with zero attached hydrogens (tertiary/aromatic N) is 2. The van der Waals surface area contributed by atoms with Crippen LogP contribution >= 0.6 is 0 Å². The van der Waals surface area contributed by atoms with E-state index in [1.54, 1.807) is 43.3 Å². The highest BCUT2D eigenvalue weighted by atomic mass is 32.2. The third kappa shape index (κ3) is 4.35. The third-order valence-corrected chi connectivity index (χ3v) is 8.39. The van der Waals surface area contributed by atoms with Gasteiger partial charge in [0, 0.05) is 19.6 Å². The van der Waals surface area contributed by atoms with Gasteiger partial charge in [-0.05, 0) is 31.2 Å². The van der Waals surface area contributed by atoms with Crippen LogP contribution in [0.1, 0.15) is 6.92 Å². The van der Waals surface area contributed by atoms with Crippen LogP contribution in [0.25, 0.3) is 0 Å². The summed E-state index contributed by atoms with van der Waals surface area (Å²) in [6.07, 6.45) is 0. The highest BCUT2D eigenvalue weighted by Crippen LogP contribution is 2.25. The van der Waals surface area contributed by atoms with E-state index in [9.17, 15) is 21.6 Å². The monoisotopic (exact) mass is 438 g/mol. The second kappa shape index (κ2) is 8.62. The van der Waals surface area contributed by atoms with Gasteiger partial charge in [0.1, 0.15) is 6.04 Å². The SMILES string of the molecule is CCOC(=O)[C@H]1CN(S(=O)(=O)c2ccccc2)CCN1S(=O)(=O)c1ccccc1. The molecule has 0 aliphatic carbocycles. The van der Waals surface area contributed by atoms with Crippen molar-refractivity contribution in [3.8, 4) is 0 Å². The van der Waals surface area contributed by atoms with E-state index in [-0.39, 0.29) is 36.0 Å². The van der Waals surface area contributed by atoms with E-state index in [2.05, 4.69) is 0 Å². The maximum absolute atomic E-state index is 13.1. The van der Waals surface area contributed by atoms with E-state index in [0.717, 1.165) is 8.61 Å². The molecule has 1 atom stereocenters. The lowest BCUT2D eigenvalue weighted by molar-refractivity contribution is -0.148. The van der Waals surface area contributed by atoms with Crippen molar-refractivity contribution in [3.63, 3.8) is 0 Å². The number of hydrogen-bond acceptors (Lipinski definition) is 6. The molecule has 2 aromatic carbocycles. The van der Waals surface area contributed by atoms with E-state index in [1.165, 1.54) is 24.3 Å². The van der Waals surface area contributed by atoms with E-state index < -0.39 is 32.1 Å². The smallest absolute Gasteiger partial charge is 0.325 e. The first-order valence-corrected chi connectivity index (χ1v) is 11.9. The van der Waals surface area contributed by atoms with Crippen LogP contribution in [0.5, 0.6) is 0 Å². The zero-order chi connectivity index (χ0) is 21.1. The molecule has 2 aromatic rings. The van der Waals surface area contributed by atoms with Gasteiger partial charge in [-0.15, -0.1) is 0 Å². The summed E-state index contributed by atoms with van der Waals surface area (Å²) in [5.41, 5.74) is 0. The molecule has 1 saturated heterocycles. The molecule has 0 amide bonds. The average Bonchev–Trinajstić information content (AvgIpc) is 2.74. The van der Waals surface area contributed by atoms with Crippen molar-refractivity contribution in [1.29, 1.82) is 0 Å². The van der Waals surface area contributed by atoms with Crippen molar-refractivity contribution < 1.29 is 26.4 Å². The van der Waals surface area contributed by atoms with Gasteiger partial charge in [-0.1, -0.05) is 36.4 Å². The maximum atomic E-state index is 13.1. The summed E-state index contributed by atoms with van der Waals surface area (Å²) < 4.78 is 59.3. The largest absolute Gasteiger partial charge is 0.465 e. The molecular weight excluding hydrogens is 416 g/mol. The van der Waals surface area contributed by atoms with Gasteiger partial charge in [-0.2, -0.15) is 8.61 Å². The highest BCUT2D eigenvalue weighted by molar-refractivity contribution is 7.89. The number of benzene rings is 2. The Hall–Kier alpha value is -2.27. The molecule has 29 heavy (non-hydrogen) atoms. The molecule has 8 nitrogen and oxygen atoms in total. The van der Waals surface area contributed by atoms with Crippen molar-refractivity contribution >= 4 is 26.0 Å². The van der Waals surface area contributed by atoms with Crippen LogP contribution in [0.4, 0.5) is 0 Å². The van der Waals surface area contributed by atoms with E-state index in [4.69, 9.17) is 4.74 Å². The molecule has 1 heterocycles. The molecule has 1 aliphatic rings.